The number of thioether (sulfide) groups is 1. The van der Waals surface area contributed by atoms with Gasteiger partial charge in [-0.05, 0) is 48.7 Å². The van der Waals surface area contributed by atoms with Crippen molar-refractivity contribution in [3.8, 4) is 0 Å². The molecule has 3 aromatic carbocycles. The number of amides is 2. The lowest BCUT2D eigenvalue weighted by Crippen LogP contribution is -2.49. The lowest BCUT2D eigenvalue weighted by Gasteiger charge is -2.33. The summed E-state index contributed by atoms with van der Waals surface area (Å²) in [6.45, 7) is 4.32. The number of anilines is 2. The van der Waals surface area contributed by atoms with Crippen molar-refractivity contribution < 1.29 is 9.59 Å². The molecule has 2 aliphatic rings. The van der Waals surface area contributed by atoms with Gasteiger partial charge in [0.05, 0.1) is 17.5 Å². The highest BCUT2D eigenvalue weighted by Gasteiger charge is 2.63. The number of benzene rings is 3. The molecule has 0 saturated carbocycles. The molecule has 2 aliphatic heterocycles. The number of halogens is 1. The Labute approximate surface area is 197 Å². The molecule has 2 amide bonds. The van der Waals surface area contributed by atoms with Crippen LogP contribution in [-0.2, 0) is 27.4 Å². The fourth-order valence-electron chi connectivity index (χ4n) is 4.57. The van der Waals surface area contributed by atoms with Crippen molar-refractivity contribution in [2.75, 3.05) is 9.80 Å². The average molecular weight is 463 g/mol. The lowest BCUT2D eigenvalue weighted by molar-refractivity contribution is -0.124. The first kappa shape index (κ1) is 21.1. The van der Waals surface area contributed by atoms with Gasteiger partial charge in [0.25, 0.3) is 5.91 Å². The van der Waals surface area contributed by atoms with E-state index in [1.807, 2.05) is 79.7 Å². The second-order valence-electron chi connectivity index (χ2n) is 8.10. The van der Waals surface area contributed by atoms with Crippen molar-refractivity contribution in [3.05, 3.63) is 94.5 Å². The number of rotatable bonds is 4. The zero-order valence-electron chi connectivity index (χ0n) is 17.9. The maximum atomic E-state index is 14.2. The highest BCUT2D eigenvalue weighted by atomic mass is 35.5. The first-order valence-electron chi connectivity index (χ1n) is 10.7. The molecule has 5 rings (SSSR count). The number of fused-ring (bicyclic) bond motifs is 2. The first-order valence-corrected chi connectivity index (χ1v) is 12.0. The summed E-state index contributed by atoms with van der Waals surface area (Å²) in [6, 6.07) is 23.3. The zero-order chi connectivity index (χ0) is 22.5. The van der Waals surface area contributed by atoms with Crippen LogP contribution in [0, 0.1) is 0 Å². The Morgan fingerprint density at radius 1 is 0.969 bits per heavy atom. The molecule has 3 aromatic rings. The average Bonchev–Trinajstić information content (AvgIpc) is 3.21. The molecule has 0 unspecified atom stereocenters. The van der Waals surface area contributed by atoms with E-state index in [-0.39, 0.29) is 17.1 Å². The third-order valence-corrected chi connectivity index (χ3v) is 8.06. The van der Waals surface area contributed by atoms with Crippen LogP contribution >= 0.6 is 23.4 Å². The second kappa shape index (κ2) is 7.98. The van der Waals surface area contributed by atoms with Crippen LogP contribution in [0.4, 0.5) is 11.4 Å². The standard InChI is InChI=1S/C26H23ClN2O2S/c1-3-18-12-14-20(15-13-18)29-24(30)17(2)32-26(29)21-9-5-7-11-23(21)28(25(26)31)16-19-8-4-6-10-22(19)27/h4-15,17H,3,16H2,1-2H3/t17-,26-/m1/s1. The first-order chi connectivity index (χ1) is 15.5. The normalized spacial score (nSPS) is 22.2. The van der Waals surface area contributed by atoms with Crippen molar-refractivity contribution in [1.29, 1.82) is 0 Å². The van der Waals surface area contributed by atoms with E-state index in [1.165, 1.54) is 17.3 Å². The summed E-state index contributed by atoms with van der Waals surface area (Å²) in [4.78, 5) is 29.9. The number of nitrogens with zero attached hydrogens (tertiary/aromatic N) is 2. The quantitative estimate of drug-likeness (QED) is 0.494. The topological polar surface area (TPSA) is 40.6 Å². The Kier molecular flexibility index (Phi) is 5.26. The molecule has 162 valence electrons. The summed E-state index contributed by atoms with van der Waals surface area (Å²) in [5.41, 5.74) is 4.47. The second-order valence-corrected chi connectivity index (χ2v) is 10.0. The van der Waals surface area contributed by atoms with Crippen LogP contribution in [0.1, 0.15) is 30.5 Å². The van der Waals surface area contributed by atoms with Crippen LogP contribution in [0.5, 0.6) is 0 Å². The minimum Gasteiger partial charge on any atom is -0.304 e. The molecule has 0 aliphatic carbocycles. The molecule has 4 nitrogen and oxygen atoms in total. The Morgan fingerprint density at radius 2 is 1.66 bits per heavy atom. The summed E-state index contributed by atoms with van der Waals surface area (Å²) >= 11 is 7.84. The van der Waals surface area contributed by atoms with E-state index in [4.69, 9.17) is 11.6 Å². The van der Waals surface area contributed by atoms with E-state index in [2.05, 4.69) is 6.92 Å². The van der Waals surface area contributed by atoms with E-state index >= 15 is 0 Å². The SMILES string of the molecule is CCc1ccc(N2C(=O)[C@@H](C)S[C@]23C(=O)N(Cc2ccccc2Cl)c2ccccc23)cc1. The number of carbonyl (C=O) groups excluding carboxylic acids is 2. The fourth-order valence-corrected chi connectivity index (χ4v) is 6.30. The van der Waals surface area contributed by atoms with Gasteiger partial charge in [-0.3, -0.25) is 14.5 Å². The minimum atomic E-state index is -1.12. The number of hydrogen-bond donors (Lipinski definition) is 0. The van der Waals surface area contributed by atoms with Gasteiger partial charge < -0.3 is 4.90 Å². The molecular formula is C26H23ClN2O2S. The van der Waals surface area contributed by atoms with Crippen LogP contribution in [0.2, 0.25) is 5.02 Å². The number of aryl methyl sites for hydroxylation is 1. The number of para-hydroxylation sites is 1. The van der Waals surface area contributed by atoms with E-state index < -0.39 is 4.87 Å². The maximum Gasteiger partial charge on any atom is 0.269 e. The molecule has 6 heteroatoms. The van der Waals surface area contributed by atoms with Gasteiger partial charge in [0.2, 0.25) is 10.8 Å². The van der Waals surface area contributed by atoms with Crippen molar-refractivity contribution in [2.24, 2.45) is 0 Å². The molecule has 0 aromatic heterocycles. The van der Waals surface area contributed by atoms with Crippen molar-refractivity contribution in [2.45, 2.75) is 36.9 Å². The van der Waals surface area contributed by atoms with Gasteiger partial charge in [0, 0.05) is 16.3 Å². The zero-order valence-corrected chi connectivity index (χ0v) is 19.5. The highest BCUT2D eigenvalue weighted by molar-refractivity contribution is 8.03. The maximum absolute atomic E-state index is 14.2. The molecule has 2 atom stereocenters. The Bertz CT molecular complexity index is 1210. The molecule has 1 saturated heterocycles. The van der Waals surface area contributed by atoms with Gasteiger partial charge in [0.1, 0.15) is 0 Å². The van der Waals surface area contributed by atoms with Gasteiger partial charge in [-0.2, -0.15) is 0 Å². The molecular weight excluding hydrogens is 440 g/mol. The van der Waals surface area contributed by atoms with Crippen LogP contribution in [-0.4, -0.2) is 17.1 Å². The number of carbonyl (C=O) groups is 2. The predicted octanol–water partition coefficient (Wildman–Crippen LogP) is 5.77. The third kappa shape index (κ3) is 3.06. The van der Waals surface area contributed by atoms with Gasteiger partial charge >= 0.3 is 0 Å². The van der Waals surface area contributed by atoms with Crippen LogP contribution in [0.25, 0.3) is 0 Å². The smallest absolute Gasteiger partial charge is 0.269 e. The summed E-state index contributed by atoms with van der Waals surface area (Å²) in [5, 5.41) is 0.285. The Hall–Kier alpha value is -2.76. The van der Waals surface area contributed by atoms with E-state index in [0.29, 0.717) is 11.6 Å². The molecule has 1 fully saturated rings. The van der Waals surface area contributed by atoms with E-state index in [1.54, 1.807) is 9.80 Å². The van der Waals surface area contributed by atoms with Gasteiger partial charge in [-0.1, -0.05) is 67.1 Å². The molecule has 32 heavy (non-hydrogen) atoms. The van der Waals surface area contributed by atoms with Crippen molar-refractivity contribution in [1.82, 2.24) is 0 Å². The third-order valence-electron chi connectivity index (χ3n) is 6.21. The molecule has 1 spiro atoms. The van der Waals surface area contributed by atoms with Crippen LogP contribution < -0.4 is 9.80 Å². The summed E-state index contributed by atoms with van der Waals surface area (Å²) in [6.07, 6.45) is 0.915. The van der Waals surface area contributed by atoms with Gasteiger partial charge in [0.15, 0.2) is 0 Å². The van der Waals surface area contributed by atoms with Crippen LogP contribution in [0.15, 0.2) is 72.8 Å². The summed E-state index contributed by atoms with van der Waals surface area (Å²) in [5.74, 6) is -0.164. The van der Waals surface area contributed by atoms with Gasteiger partial charge in [-0.25, -0.2) is 0 Å². The molecule has 0 radical (unpaired) electrons. The lowest BCUT2D eigenvalue weighted by atomic mass is 10.0. The van der Waals surface area contributed by atoms with Crippen molar-refractivity contribution >= 4 is 46.6 Å². The summed E-state index contributed by atoms with van der Waals surface area (Å²) in [7, 11) is 0. The summed E-state index contributed by atoms with van der Waals surface area (Å²) < 4.78 is 0. The highest BCUT2D eigenvalue weighted by Crippen LogP contribution is 2.58. The fraction of sp³-hybridized carbons (Fsp3) is 0.231. The van der Waals surface area contributed by atoms with Crippen LogP contribution in [0.3, 0.4) is 0 Å². The van der Waals surface area contributed by atoms with E-state index in [0.717, 1.165) is 28.9 Å². The van der Waals surface area contributed by atoms with Crippen molar-refractivity contribution in [3.63, 3.8) is 0 Å². The monoisotopic (exact) mass is 462 g/mol. The Balaban J connectivity index is 1.65. The Morgan fingerprint density at radius 3 is 2.38 bits per heavy atom. The molecule has 0 bridgehead atoms. The minimum absolute atomic E-state index is 0.0537. The molecule has 2 heterocycles. The number of hydrogen-bond acceptors (Lipinski definition) is 3. The predicted molar refractivity (Wildman–Crippen MR) is 131 cm³/mol. The largest absolute Gasteiger partial charge is 0.304 e. The van der Waals surface area contributed by atoms with E-state index in [9.17, 15) is 9.59 Å². The molecule has 0 N–H and O–H groups in total. The van der Waals surface area contributed by atoms with Gasteiger partial charge in [-0.15, -0.1) is 11.8 Å².